The van der Waals surface area contributed by atoms with Crippen molar-refractivity contribution in [2.24, 2.45) is 0 Å². The number of carbonyl (C=O) groups is 1. The number of hydrogen-bond acceptors (Lipinski definition) is 2. The summed E-state index contributed by atoms with van der Waals surface area (Å²) in [5.74, 6) is -0.311. The predicted octanol–water partition coefficient (Wildman–Crippen LogP) is 4.38. The smallest absolute Gasteiger partial charge is 0.344 e. The lowest BCUT2D eigenvalue weighted by atomic mass is 10.1. The van der Waals surface area contributed by atoms with Crippen LogP contribution in [-0.2, 0) is 4.79 Å². The van der Waals surface area contributed by atoms with E-state index in [-0.39, 0.29) is 0 Å². The van der Waals surface area contributed by atoms with Gasteiger partial charge in [-0.1, -0.05) is 55.8 Å². The molecule has 1 N–H and O–H groups in total. The number of aliphatic carboxylic acids is 1. The number of benzene rings is 2. The topological polar surface area (TPSA) is 46.5 Å². The van der Waals surface area contributed by atoms with Crippen molar-refractivity contribution < 1.29 is 14.6 Å². The number of rotatable bonds is 7. The van der Waals surface area contributed by atoms with Crippen molar-refractivity contribution in [2.45, 2.75) is 32.3 Å². The summed E-state index contributed by atoms with van der Waals surface area (Å²) in [4.78, 5) is 11.2. The molecule has 3 heteroatoms. The zero-order valence-electron chi connectivity index (χ0n) is 12.2. The lowest BCUT2D eigenvalue weighted by Gasteiger charge is -2.15. The zero-order chi connectivity index (χ0) is 15.1. The summed E-state index contributed by atoms with van der Waals surface area (Å²) in [6.07, 6.45) is 1.57. The van der Waals surface area contributed by atoms with Crippen LogP contribution in [0.2, 0.25) is 0 Å². The maximum absolute atomic E-state index is 11.2. The molecule has 0 amide bonds. The highest BCUT2D eigenvalue weighted by Crippen LogP contribution is 2.23. The van der Waals surface area contributed by atoms with Gasteiger partial charge in [0.2, 0.25) is 0 Å². The molecule has 0 aromatic heterocycles. The summed E-state index contributed by atoms with van der Waals surface area (Å²) in [6.45, 7) is 2.04. The van der Waals surface area contributed by atoms with Gasteiger partial charge < -0.3 is 9.84 Å². The third-order valence-corrected chi connectivity index (χ3v) is 3.34. The first kappa shape index (κ1) is 15.1. The number of carboxylic acids is 1. The third-order valence-electron chi connectivity index (χ3n) is 3.34. The second-order valence-electron chi connectivity index (χ2n) is 4.98. The van der Waals surface area contributed by atoms with Crippen molar-refractivity contribution >= 4 is 5.97 Å². The molecule has 3 nitrogen and oxygen atoms in total. The maximum atomic E-state index is 11.2. The molecule has 1 atom stereocenters. The number of unbranched alkanes of at least 4 members (excludes halogenated alkanes) is 1. The molecule has 21 heavy (non-hydrogen) atoms. The first-order valence-electron chi connectivity index (χ1n) is 7.25. The van der Waals surface area contributed by atoms with Crippen LogP contribution in [0.1, 0.15) is 26.2 Å². The molecule has 2 aromatic rings. The first-order valence-corrected chi connectivity index (χ1v) is 7.25. The Morgan fingerprint density at radius 2 is 1.67 bits per heavy atom. The van der Waals surface area contributed by atoms with Gasteiger partial charge in [-0.05, 0) is 36.1 Å². The van der Waals surface area contributed by atoms with Gasteiger partial charge in [0.25, 0.3) is 0 Å². The van der Waals surface area contributed by atoms with Crippen LogP contribution < -0.4 is 4.74 Å². The first-order chi connectivity index (χ1) is 10.2. The van der Waals surface area contributed by atoms with Crippen molar-refractivity contribution in [3.63, 3.8) is 0 Å². The SMILES string of the molecule is CCCC[C@H](Oc1ccc(-c2ccccc2)cc1)C(=O)O. The van der Waals surface area contributed by atoms with E-state index >= 15 is 0 Å². The van der Waals surface area contributed by atoms with Crippen molar-refractivity contribution in [2.75, 3.05) is 0 Å². The molecule has 0 saturated carbocycles. The van der Waals surface area contributed by atoms with E-state index in [1.807, 2.05) is 61.5 Å². The maximum Gasteiger partial charge on any atom is 0.344 e. The largest absolute Gasteiger partial charge is 0.479 e. The van der Waals surface area contributed by atoms with Gasteiger partial charge in [-0.2, -0.15) is 0 Å². The van der Waals surface area contributed by atoms with E-state index in [4.69, 9.17) is 9.84 Å². The van der Waals surface area contributed by atoms with Gasteiger partial charge >= 0.3 is 5.97 Å². The van der Waals surface area contributed by atoms with E-state index in [2.05, 4.69) is 0 Å². The van der Waals surface area contributed by atoms with Gasteiger partial charge in [-0.15, -0.1) is 0 Å². The molecular formula is C18H20O3. The van der Waals surface area contributed by atoms with Gasteiger partial charge in [0.05, 0.1) is 0 Å². The normalized spacial score (nSPS) is 11.9. The van der Waals surface area contributed by atoms with Crippen molar-refractivity contribution in [1.29, 1.82) is 0 Å². The second-order valence-corrected chi connectivity index (χ2v) is 4.98. The lowest BCUT2D eigenvalue weighted by Crippen LogP contribution is -2.26. The molecule has 0 heterocycles. The minimum absolute atomic E-state index is 0.534. The Kier molecular flexibility index (Phi) is 5.38. The van der Waals surface area contributed by atoms with Crippen LogP contribution in [0.3, 0.4) is 0 Å². The summed E-state index contributed by atoms with van der Waals surface area (Å²) in [5.41, 5.74) is 2.22. The summed E-state index contributed by atoms with van der Waals surface area (Å²) in [6, 6.07) is 17.6. The predicted molar refractivity (Wildman–Crippen MR) is 83.5 cm³/mol. The fourth-order valence-electron chi connectivity index (χ4n) is 2.14. The van der Waals surface area contributed by atoms with Gasteiger partial charge in [0.15, 0.2) is 6.10 Å². The van der Waals surface area contributed by atoms with Gasteiger partial charge in [0.1, 0.15) is 5.75 Å². The Balaban J connectivity index is 2.06. The molecular weight excluding hydrogens is 264 g/mol. The Bertz CT molecular complexity index is 561. The summed E-state index contributed by atoms with van der Waals surface area (Å²) < 4.78 is 5.57. The molecule has 2 aromatic carbocycles. The van der Waals surface area contributed by atoms with Crippen molar-refractivity contribution in [3.05, 3.63) is 54.6 Å². The second kappa shape index (κ2) is 7.48. The molecule has 0 bridgehead atoms. The average Bonchev–Trinajstić information content (AvgIpc) is 2.52. The summed E-state index contributed by atoms with van der Waals surface area (Å²) >= 11 is 0. The van der Waals surface area contributed by atoms with Crippen LogP contribution in [0.25, 0.3) is 11.1 Å². The summed E-state index contributed by atoms with van der Waals surface area (Å²) in [7, 11) is 0. The molecule has 0 radical (unpaired) electrons. The molecule has 0 aliphatic rings. The minimum atomic E-state index is -0.907. The monoisotopic (exact) mass is 284 g/mol. The van der Waals surface area contributed by atoms with E-state index < -0.39 is 12.1 Å². The molecule has 0 unspecified atom stereocenters. The van der Waals surface area contributed by atoms with Crippen LogP contribution in [0.4, 0.5) is 0 Å². The highest BCUT2D eigenvalue weighted by Gasteiger charge is 2.18. The highest BCUT2D eigenvalue weighted by atomic mass is 16.5. The fraction of sp³-hybridized carbons (Fsp3) is 0.278. The Hall–Kier alpha value is -2.29. The number of hydrogen-bond donors (Lipinski definition) is 1. The van der Waals surface area contributed by atoms with Gasteiger partial charge in [0, 0.05) is 0 Å². The minimum Gasteiger partial charge on any atom is -0.479 e. The fourth-order valence-corrected chi connectivity index (χ4v) is 2.14. The molecule has 110 valence electrons. The molecule has 0 aliphatic carbocycles. The molecule has 0 fully saturated rings. The van der Waals surface area contributed by atoms with Crippen LogP contribution in [0, 0.1) is 0 Å². The lowest BCUT2D eigenvalue weighted by molar-refractivity contribution is -0.145. The van der Waals surface area contributed by atoms with Crippen LogP contribution >= 0.6 is 0 Å². The molecule has 2 rings (SSSR count). The molecule has 0 saturated heterocycles. The number of ether oxygens (including phenoxy) is 1. The van der Waals surface area contributed by atoms with E-state index in [9.17, 15) is 4.79 Å². The zero-order valence-corrected chi connectivity index (χ0v) is 12.2. The van der Waals surface area contributed by atoms with Crippen LogP contribution in [0.5, 0.6) is 5.75 Å². The standard InChI is InChI=1S/C18H20O3/c1-2-3-9-17(18(19)20)21-16-12-10-15(11-13-16)14-7-5-4-6-8-14/h4-8,10-13,17H,2-3,9H2,1H3,(H,19,20)/t17-/m0/s1. The van der Waals surface area contributed by atoms with E-state index in [0.717, 1.165) is 24.0 Å². The third kappa shape index (κ3) is 4.35. The molecule has 0 aliphatic heterocycles. The summed E-state index contributed by atoms with van der Waals surface area (Å²) in [5, 5.41) is 9.17. The van der Waals surface area contributed by atoms with Crippen molar-refractivity contribution in [3.8, 4) is 16.9 Å². The van der Waals surface area contributed by atoms with Gasteiger partial charge in [-0.3, -0.25) is 0 Å². The van der Waals surface area contributed by atoms with Crippen LogP contribution in [0.15, 0.2) is 54.6 Å². The average molecular weight is 284 g/mol. The van der Waals surface area contributed by atoms with Gasteiger partial charge in [-0.25, -0.2) is 4.79 Å². The number of carboxylic acid groups (broad SMARTS) is 1. The quantitative estimate of drug-likeness (QED) is 0.821. The molecule has 0 spiro atoms. The Labute approximate surface area is 125 Å². The van der Waals surface area contributed by atoms with Crippen molar-refractivity contribution in [1.82, 2.24) is 0 Å². The van der Waals surface area contributed by atoms with E-state index in [1.165, 1.54) is 0 Å². The Morgan fingerprint density at radius 1 is 1.05 bits per heavy atom. The van der Waals surface area contributed by atoms with E-state index in [0.29, 0.717) is 12.2 Å². The highest BCUT2D eigenvalue weighted by molar-refractivity contribution is 5.72. The Morgan fingerprint density at radius 3 is 2.24 bits per heavy atom. The van der Waals surface area contributed by atoms with E-state index in [1.54, 1.807) is 0 Å². The van der Waals surface area contributed by atoms with Crippen LogP contribution in [-0.4, -0.2) is 17.2 Å².